The Hall–Kier alpha value is -0.260. The van der Waals surface area contributed by atoms with Gasteiger partial charge in [0.05, 0.1) is 0 Å². The minimum Gasteiger partial charge on any atom is -0.103 e. The molecule has 35 heavy (non-hydrogen) atoms. The van der Waals surface area contributed by atoms with Crippen molar-refractivity contribution in [2.45, 2.75) is 201 Å². The molecule has 0 bridgehead atoms. The van der Waals surface area contributed by atoms with Crippen molar-refractivity contribution < 1.29 is 0 Å². The maximum Gasteiger partial charge on any atom is -0.0182 e. The molecule has 0 heterocycles. The summed E-state index contributed by atoms with van der Waals surface area (Å²) in [4.78, 5) is 0. The molecule has 0 heteroatoms. The smallest absolute Gasteiger partial charge is 0.0182 e. The maximum atomic E-state index is 4.35. The molecule has 0 aliphatic rings. The van der Waals surface area contributed by atoms with Crippen LogP contribution >= 0.6 is 0 Å². The van der Waals surface area contributed by atoms with Crippen LogP contribution in [0.3, 0.4) is 0 Å². The lowest BCUT2D eigenvalue weighted by atomic mass is 9.68. The Morgan fingerprint density at radius 1 is 0.457 bits per heavy atom. The lowest BCUT2D eigenvalue weighted by molar-refractivity contribution is 0.165. The van der Waals surface area contributed by atoms with Gasteiger partial charge in [-0.1, -0.05) is 188 Å². The molecule has 1 atom stereocenters. The summed E-state index contributed by atoms with van der Waals surface area (Å²) in [7, 11) is 0. The second-order valence-corrected chi connectivity index (χ2v) is 12.2. The zero-order chi connectivity index (χ0) is 25.9. The van der Waals surface area contributed by atoms with Crippen LogP contribution in [0.15, 0.2) is 12.7 Å². The quantitative estimate of drug-likeness (QED) is 0.0722. The van der Waals surface area contributed by atoms with Crippen LogP contribution in [0, 0.1) is 11.3 Å². The summed E-state index contributed by atoms with van der Waals surface area (Å²) in [6.07, 6.45) is 41.0. The van der Waals surface area contributed by atoms with Gasteiger partial charge >= 0.3 is 0 Å². The first-order chi connectivity index (χ1) is 17.1. The van der Waals surface area contributed by atoms with E-state index in [-0.39, 0.29) is 0 Å². The molecule has 0 aliphatic carbocycles. The Kier molecular flexibility index (Phi) is 26.6. The highest BCUT2D eigenvalue weighted by Gasteiger charge is 2.30. The van der Waals surface area contributed by atoms with E-state index in [0.717, 1.165) is 5.92 Å². The van der Waals surface area contributed by atoms with Crippen molar-refractivity contribution in [3.05, 3.63) is 12.7 Å². The first kappa shape index (κ1) is 34.7. The molecule has 0 fully saturated rings. The van der Waals surface area contributed by atoms with Crippen molar-refractivity contribution in [2.24, 2.45) is 11.3 Å². The summed E-state index contributed by atoms with van der Waals surface area (Å²) < 4.78 is 0. The van der Waals surface area contributed by atoms with Crippen LogP contribution in [0.4, 0.5) is 0 Å². The van der Waals surface area contributed by atoms with Crippen LogP contribution < -0.4 is 0 Å². The third kappa shape index (κ3) is 21.5. The first-order valence-corrected chi connectivity index (χ1v) is 16.8. The van der Waals surface area contributed by atoms with E-state index in [1.165, 1.54) is 173 Å². The molecule has 0 nitrogen and oxygen atoms in total. The molecule has 1 unspecified atom stereocenters. The van der Waals surface area contributed by atoms with E-state index < -0.39 is 0 Å². The van der Waals surface area contributed by atoms with Crippen molar-refractivity contribution in [2.75, 3.05) is 0 Å². The van der Waals surface area contributed by atoms with Gasteiger partial charge in [-0.3, -0.25) is 0 Å². The van der Waals surface area contributed by atoms with Crippen molar-refractivity contribution in [3.63, 3.8) is 0 Å². The van der Waals surface area contributed by atoms with Crippen LogP contribution in [0.2, 0.25) is 0 Å². The zero-order valence-corrected chi connectivity index (χ0v) is 25.5. The number of rotatable bonds is 29. The van der Waals surface area contributed by atoms with Gasteiger partial charge in [0.2, 0.25) is 0 Å². The lowest BCUT2D eigenvalue weighted by Crippen LogP contribution is -2.26. The van der Waals surface area contributed by atoms with Gasteiger partial charge in [-0.15, -0.1) is 6.58 Å². The third-order valence-electron chi connectivity index (χ3n) is 8.75. The molecule has 0 saturated heterocycles. The average molecular weight is 491 g/mol. The highest BCUT2D eigenvalue weighted by molar-refractivity contribution is 4.92. The minimum atomic E-state index is 0.479. The normalized spacial score (nSPS) is 12.8. The number of hydrogen-bond acceptors (Lipinski definition) is 0. The van der Waals surface area contributed by atoms with Gasteiger partial charge in [-0.05, 0) is 30.6 Å². The highest BCUT2D eigenvalue weighted by atomic mass is 14.4. The van der Waals surface area contributed by atoms with E-state index in [0.29, 0.717) is 5.41 Å². The largest absolute Gasteiger partial charge is 0.103 e. The average Bonchev–Trinajstić information content (AvgIpc) is 2.86. The van der Waals surface area contributed by atoms with Crippen molar-refractivity contribution in [1.82, 2.24) is 0 Å². The highest BCUT2D eigenvalue weighted by Crippen LogP contribution is 2.42. The molecule has 210 valence electrons. The molecule has 0 rings (SSSR count). The van der Waals surface area contributed by atoms with Crippen molar-refractivity contribution >= 4 is 0 Å². The summed E-state index contributed by atoms with van der Waals surface area (Å²) in [5.74, 6) is 0.719. The summed E-state index contributed by atoms with van der Waals surface area (Å²) >= 11 is 0. The van der Waals surface area contributed by atoms with Crippen LogP contribution in [-0.4, -0.2) is 0 Å². The SMILES string of the molecule is C=CC(CCCCCCCCCC)C(C)(CCCCCCCCCC)CCCCCCCCCC. The monoisotopic (exact) mass is 491 g/mol. The predicted octanol–water partition coefficient (Wildman–Crippen LogP) is 13.4. The Morgan fingerprint density at radius 2 is 0.743 bits per heavy atom. The predicted molar refractivity (Wildman–Crippen MR) is 163 cm³/mol. The summed E-state index contributed by atoms with van der Waals surface area (Å²) in [5.41, 5.74) is 0.479. The van der Waals surface area contributed by atoms with E-state index in [1.54, 1.807) is 0 Å². The zero-order valence-electron chi connectivity index (χ0n) is 25.5. The molecule has 0 aromatic carbocycles. The molecule has 0 N–H and O–H groups in total. The molecular weight excluding hydrogens is 420 g/mol. The van der Waals surface area contributed by atoms with Gasteiger partial charge in [0, 0.05) is 0 Å². The van der Waals surface area contributed by atoms with Gasteiger partial charge in [-0.25, -0.2) is 0 Å². The van der Waals surface area contributed by atoms with Crippen molar-refractivity contribution in [1.29, 1.82) is 0 Å². The van der Waals surface area contributed by atoms with E-state index >= 15 is 0 Å². The van der Waals surface area contributed by atoms with E-state index in [9.17, 15) is 0 Å². The Bertz CT molecular complexity index is 388. The molecule has 0 amide bonds. The molecule has 0 aliphatic heterocycles. The van der Waals surface area contributed by atoms with E-state index in [2.05, 4.69) is 40.3 Å². The number of hydrogen-bond donors (Lipinski definition) is 0. The van der Waals surface area contributed by atoms with Crippen LogP contribution in [0.5, 0.6) is 0 Å². The number of allylic oxidation sites excluding steroid dienone is 1. The second kappa shape index (κ2) is 26.8. The Morgan fingerprint density at radius 3 is 1.06 bits per heavy atom. The molecule has 0 radical (unpaired) electrons. The summed E-state index contributed by atoms with van der Waals surface area (Å²) in [6.45, 7) is 13.9. The van der Waals surface area contributed by atoms with E-state index in [1.807, 2.05) is 0 Å². The molecule has 0 spiro atoms. The Labute approximate surface area is 224 Å². The van der Waals surface area contributed by atoms with Gasteiger partial charge in [-0.2, -0.15) is 0 Å². The maximum absolute atomic E-state index is 4.35. The Balaban J connectivity index is 4.43. The van der Waals surface area contributed by atoms with E-state index in [4.69, 9.17) is 0 Å². The van der Waals surface area contributed by atoms with Gasteiger partial charge in [0.25, 0.3) is 0 Å². The topological polar surface area (TPSA) is 0 Å². The van der Waals surface area contributed by atoms with Gasteiger partial charge in [0.1, 0.15) is 0 Å². The van der Waals surface area contributed by atoms with Crippen LogP contribution in [0.1, 0.15) is 201 Å². The molecule has 0 aromatic heterocycles. The fraction of sp³-hybridized carbons (Fsp3) is 0.943. The first-order valence-electron chi connectivity index (χ1n) is 16.8. The van der Waals surface area contributed by atoms with Crippen molar-refractivity contribution in [3.8, 4) is 0 Å². The third-order valence-corrected chi connectivity index (χ3v) is 8.75. The van der Waals surface area contributed by atoms with Gasteiger partial charge < -0.3 is 0 Å². The fourth-order valence-corrected chi connectivity index (χ4v) is 6.07. The van der Waals surface area contributed by atoms with Crippen LogP contribution in [-0.2, 0) is 0 Å². The van der Waals surface area contributed by atoms with Gasteiger partial charge in [0.15, 0.2) is 0 Å². The summed E-state index contributed by atoms with van der Waals surface area (Å²) in [5, 5.41) is 0. The lowest BCUT2D eigenvalue weighted by Gasteiger charge is -2.37. The second-order valence-electron chi connectivity index (χ2n) is 12.2. The standard InChI is InChI=1S/C35H70/c1-6-10-13-16-19-22-25-28-31-34(9-4)35(5,32-29-26-23-20-17-14-11-7-2)33-30-27-24-21-18-15-12-8-3/h9,34H,4,6-8,10-33H2,1-3,5H3. The minimum absolute atomic E-state index is 0.479. The number of unbranched alkanes of at least 4 members (excludes halogenated alkanes) is 21. The molecule has 0 saturated carbocycles. The fourth-order valence-electron chi connectivity index (χ4n) is 6.07. The summed E-state index contributed by atoms with van der Waals surface area (Å²) in [6, 6.07) is 0. The molecular formula is C35H70. The molecule has 0 aromatic rings. The van der Waals surface area contributed by atoms with Crippen LogP contribution in [0.25, 0.3) is 0 Å².